The Bertz CT molecular complexity index is 661. The minimum atomic E-state index is -0.745. The fourth-order valence-electron chi connectivity index (χ4n) is 1.99. The number of rotatable bonds is 3. The summed E-state index contributed by atoms with van der Waals surface area (Å²) < 4.78 is 27.8. The molecule has 2 aromatic carbocycles. The van der Waals surface area contributed by atoms with Crippen molar-refractivity contribution in [3.63, 3.8) is 0 Å². The average molecular weight is 355 g/mol. The quantitative estimate of drug-likeness (QED) is 0.823. The van der Waals surface area contributed by atoms with Crippen molar-refractivity contribution in [1.29, 1.82) is 0 Å². The van der Waals surface area contributed by atoms with E-state index in [9.17, 15) is 13.6 Å². The van der Waals surface area contributed by atoms with Crippen molar-refractivity contribution >= 4 is 33.2 Å². The zero-order chi connectivity index (χ0) is 15.6. The second kappa shape index (κ2) is 6.22. The van der Waals surface area contributed by atoms with E-state index in [0.717, 1.165) is 22.2 Å². The molecule has 0 aliphatic carbocycles. The van der Waals surface area contributed by atoms with E-state index in [-0.39, 0.29) is 5.56 Å². The molecule has 2 rings (SSSR count). The van der Waals surface area contributed by atoms with Crippen molar-refractivity contribution in [3.8, 4) is 0 Å². The molecule has 0 fully saturated rings. The summed E-state index contributed by atoms with van der Waals surface area (Å²) in [5.74, 6) is -2.02. The van der Waals surface area contributed by atoms with Gasteiger partial charge in [-0.15, -0.1) is 0 Å². The van der Waals surface area contributed by atoms with Crippen molar-refractivity contribution in [3.05, 3.63) is 57.6 Å². The molecule has 0 heterocycles. The number of halogens is 3. The fraction of sp³-hybridized carbons (Fsp3) is 0.133. The summed E-state index contributed by atoms with van der Waals surface area (Å²) in [7, 11) is 0. The summed E-state index contributed by atoms with van der Waals surface area (Å²) >= 11 is 3.29. The second-order valence-corrected chi connectivity index (χ2v) is 5.53. The lowest BCUT2D eigenvalue weighted by atomic mass is 10.1. The second-order valence-electron chi connectivity index (χ2n) is 4.61. The maximum Gasteiger partial charge on any atom is 0.229 e. The molecule has 0 radical (unpaired) electrons. The lowest BCUT2D eigenvalue weighted by Crippen LogP contribution is -2.18. The Balaban J connectivity index is 2.20. The Morgan fingerprint density at radius 3 is 2.48 bits per heavy atom. The molecule has 0 aromatic heterocycles. The highest BCUT2D eigenvalue weighted by Crippen LogP contribution is 2.28. The van der Waals surface area contributed by atoms with Crippen LogP contribution in [0.3, 0.4) is 0 Å². The lowest BCUT2D eigenvalue weighted by molar-refractivity contribution is -0.115. The van der Waals surface area contributed by atoms with Crippen LogP contribution >= 0.6 is 15.9 Å². The van der Waals surface area contributed by atoms with E-state index >= 15 is 0 Å². The third-order valence-electron chi connectivity index (χ3n) is 2.99. The van der Waals surface area contributed by atoms with Gasteiger partial charge >= 0.3 is 0 Å². The van der Waals surface area contributed by atoms with Gasteiger partial charge in [0.25, 0.3) is 0 Å². The lowest BCUT2D eigenvalue weighted by Gasteiger charge is -2.12. The molecule has 110 valence electrons. The molecule has 0 unspecified atom stereocenters. The number of hydrogen-bond donors (Lipinski definition) is 2. The van der Waals surface area contributed by atoms with Gasteiger partial charge in [-0.25, -0.2) is 8.78 Å². The number of aryl methyl sites for hydroxylation is 1. The van der Waals surface area contributed by atoms with Gasteiger partial charge in [0.05, 0.1) is 17.8 Å². The average Bonchev–Trinajstić information content (AvgIpc) is 2.38. The van der Waals surface area contributed by atoms with E-state index in [2.05, 4.69) is 21.2 Å². The van der Waals surface area contributed by atoms with Crippen LogP contribution in [0.5, 0.6) is 0 Å². The van der Waals surface area contributed by atoms with Crippen LogP contribution in [0, 0.1) is 18.6 Å². The van der Waals surface area contributed by atoms with E-state index in [4.69, 9.17) is 5.73 Å². The zero-order valence-electron chi connectivity index (χ0n) is 11.2. The summed E-state index contributed by atoms with van der Waals surface area (Å²) in [6, 6.07) is 6.92. The van der Waals surface area contributed by atoms with Gasteiger partial charge in [0.1, 0.15) is 11.6 Å². The molecule has 0 bridgehead atoms. The molecule has 1 amide bonds. The van der Waals surface area contributed by atoms with Gasteiger partial charge in [-0.3, -0.25) is 4.79 Å². The number of anilines is 2. The van der Waals surface area contributed by atoms with Crippen molar-refractivity contribution in [2.45, 2.75) is 13.3 Å². The smallest absolute Gasteiger partial charge is 0.229 e. The van der Waals surface area contributed by atoms with Gasteiger partial charge in [-0.05, 0) is 36.8 Å². The van der Waals surface area contributed by atoms with Crippen molar-refractivity contribution in [2.75, 3.05) is 11.1 Å². The van der Waals surface area contributed by atoms with E-state index in [1.54, 1.807) is 19.1 Å². The van der Waals surface area contributed by atoms with Gasteiger partial charge in [0.2, 0.25) is 5.91 Å². The third kappa shape index (κ3) is 3.58. The maximum atomic E-state index is 13.5. The Hall–Kier alpha value is -1.95. The number of amides is 1. The summed E-state index contributed by atoms with van der Waals surface area (Å²) in [6.45, 7) is 1.78. The van der Waals surface area contributed by atoms with Crippen LogP contribution in [0.25, 0.3) is 0 Å². The van der Waals surface area contributed by atoms with Gasteiger partial charge in [0.15, 0.2) is 0 Å². The topological polar surface area (TPSA) is 55.1 Å². The highest BCUT2D eigenvalue weighted by Gasteiger charge is 2.15. The minimum absolute atomic E-state index is 0.261. The molecule has 0 saturated carbocycles. The van der Waals surface area contributed by atoms with E-state index in [1.807, 2.05) is 0 Å². The standard InChI is InChI=1S/C15H13BrF2N2O/c1-8-5-9(16)6-13(19)15(8)20-14(21)7-10-11(17)3-2-4-12(10)18/h2-6H,7,19H2,1H3,(H,20,21). The summed E-state index contributed by atoms with van der Waals surface area (Å²) in [4.78, 5) is 12.0. The minimum Gasteiger partial charge on any atom is -0.397 e. The predicted molar refractivity (Wildman–Crippen MR) is 82.0 cm³/mol. The monoisotopic (exact) mass is 354 g/mol. The molecule has 6 heteroatoms. The van der Waals surface area contributed by atoms with Crippen molar-refractivity contribution in [1.82, 2.24) is 0 Å². The van der Waals surface area contributed by atoms with Gasteiger partial charge in [-0.1, -0.05) is 22.0 Å². The fourth-order valence-corrected chi connectivity index (χ4v) is 2.58. The molecular formula is C15H13BrF2N2O. The van der Waals surface area contributed by atoms with Crippen LogP contribution in [-0.2, 0) is 11.2 Å². The van der Waals surface area contributed by atoms with Crippen LogP contribution in [0.4, 0.5) is 20.2 Å². The number of nitrogen functional groups attached to an aromatic ring is 1. The van der Waals surface area contributed by atoms with Crippen molar-refractivity contribution < 1.29 is 13.6 Å². The Morgan fingerprint density at radius 1 is 1.29 bits per heavy atom. The predicted octanol–water partition coefficient (Wildman–Crippen LogP) is 3.80. The van der Waals surface area contributed by atoms with Crippen LogP contribution in [0.2, 0.25) is 0 Å². The van der Waals surface area contributed by atoms with Gasteiger partial charge in [0, 0.05) is 10.0 Å². The Labute approximate surface area is 129 Å². The van der Waals surface area contributed by atoms with E-state index in [1.165, 1.54) is 6.07 Å². The number of carbonyl (C=O) groups is 1. The molecule has 0 aliphatic heterocycles. The summed E-state index contributed by atoms with van der Waals surface area (Å²) in [5.41, 5.74) is 7.15. The zero-order valence-corrected chi connectivity index (χ0v) is 12.8. The highest BCUT2D eigenvalue weighted by molar-refractivity contribution is 9.10. The van der Waals surface area contributed by atoms with Crippen LogP contribution < -0.4 is 11.1 Å². The van der Waals surface area contributed by atoms with Crippen LogP contribution in [0.1, 0.15) is 11.1 Å². The number of benzene rings is 2. The molecule has 21 heavy (non-hydrogen) atoms. The normalized spacial score (nSPS) is 10.5. The maximum absolute atomic E-state index is 13.5. The van der Waals surface area contributed by atoms with Crippen LogP contribution in [0.15, 0.2) is 34.8 Å². The largest absolute Gasteiger partial charge is 0.397 e. The summed E-state index contributed by atoms with van der Waals surface area (Å²) in [5, 5.41) is 2.59. The van der Waals surface area contributed by atoms with E-state index < -0.39 is 24.0 Å². The molecular weight excluding hydrogens is 342 g/mol. The first-order valence-corrected chi connectivity index (χ1v) is 6.96. The molecule has 0 spiro atoms. The molecule has 0 aliphatic rings. The van der Waals surface area contributed by atoms with Gasteiger partial charge < -0.3 is 11.1 Å². The summed E-state index contributed by atoms with van der Waals surface area (Å²) in [6.07, 6.45) is -0.395. The molecule has 2 aromatic rings. The number of nitrogens with one attached hydrogen (secondary N) is 1. The first-order chi connectivity index (χ1) is 9.88. The Kier molecular flexibility index (Phi) is 4.57. The van der Waals surface area contributed by atoms with E-state index in [0.29, 0.717) is 11.4 Å². The molecule has 3 nitrogen and oxygen atoms in total. The first-order valence-electron chi connectivity index (χ1n) is 6.17. The highest BCUT2D eigenvalue weighted by atomic mass is 79.9. The van der Waals surface area contributed by atoms with Gasteiger partial charge in [-0.2, -0.15) is 0 Å². The molecule has 3 N–H and O–H groups in total. The molecule has 0 saturated heterocycles. The van der Waals surface area contributed by atoms with Crippen LogP contribution in [-0.4, -0.2) is 5.91 Å². The number of hydrogen-bond acceptors (Lipinski definition) is 2. The SMILES string of the molecule is Cc1cc(Br)cc(N)c1NC(=O)Cc1c(F)cccc1F. The van der Waals surface area contributed by atoms with Crippen molar-refractivity contribution in [2.24, 2.45) is 0 Å². The Morgan fingerprint density at radius 2 is 1.90 bits per heavy atom. The third-order valence-corrected chi connectivity index (χ3v) is 3.45. The number of nitrogens with two attached hydrogens (primary N) is 1. The molecule has 0 atom stereocenters. The number of carbonyl (C=O) groups excluding carboxylic acids is 1. The first kappa shape index (κ1) is 15.4.